The standard InChI is InChI=1S/C18H23N5O/c1-13-12-17(20-14-2-3-14)22-18(19-13)21-15-4-6-16(7-5-15)23-8-10-24-11-9-23/h4-7,12,14H,2-3,8-11H2,1H3,(H2,19,20,21,22). The number of morpholine rings is 1. The van der Waals surface area contributed by atoms with E-state index in [0.717, 1.165) is 43.5 Å². The Bertz CT molecular complexity index is 693. The van der Waals surface area contributed by atoms with Crippen LogP contribution in [-0.2, 0) is 4.74 Å². The quantitative estimate of drug-likeness (QED) is 0.881. The van der Waals surface area contributed by atoms with Crippen LogP contribution < -0.4 is 15.5 Å². The van der Waals surface area contributed by atoms with Crippen LogP contribution in [-0.4, -0.2) is 42.3 Å². The minimum absolute atomic E-state index is 0.583. The predicted molar refractivity (Wildman–Crippen MR) is 96.2 cm³/mol. The second kappa shape index (κ2) is 6.65. The van der Waals surface area contributed by atoms with E-state index in [0.29, 0.717) is 12.0 Å². The minimum atomic E-state index is 0.583. The lowest BCUT2D eigenvalue weighted by Crippen LogP contribution is -2.36. The van der Waals surface area contributed by atoms with Gasteiger partial charge in [0.25, 0.3) is 0 Å². The summed E-state index contributed by atoms with van der Waals surface area (Å²) >= 11 is 0. The van der Waals surface area contributed by atoms with Crippen LogP contribution in [0.4, 0.5) is 23.1 Å². The maximum Gasteiger partial charge on any atom is 0.229 e. The van der Waals surface area contributed by atoms with Crippen LogP contribution in [0.1, 0.15) is 18.5 Å². The van der Waals surface area contributed by atoms with Crippen molar-refractivity contribution in [2.45, 2.75) is 25.8 Å². The third kappa shape index (κ3) is 3.76. The first-order valence-electron chi connectivity index (χ1n) is 8.58. The van der Waals surface area contributed by atoms with Gasteiger partial charge in [-0.3, -0.25) is 0 Å². The first kappa shape index (κ1) is 15.2. The van der Waals surface area contributed by atoms with E-state index in [-0.39, 0.29) is 0 Å². The number of hydrogen-bond acceptors (Lipinski definition) is 6. The van der Waals surface area contributed by atoms with Gasteiger partial charge in [0.1, 0.15) is 5.82 Å². The number of rotatable bonds is 5. The third-order valence-corrected chi connectivity index (χ3v) is 4.28. The second-order valence-corrected chi connectivity index (χ2v) is 6.41. The molecule has 1 saturated carbocycles. The molecule has 2 aliphatic rings. The molecule has 0 atom stereocenters. The summed E-state index contributed by atoms with van der Waals surface area (Å²) in [6.45, 7) is 5.49. The first-order chi connectivity index (χ1) is 11.8. The number of anilines is 4. The van der Waals surface area contributed by atoms with Crippen molar-refractivity contribution >= 4 is 23.1 Å². The normalized spacial score (nSPS) is 17.6. The van der Waals surface area contributed by atoms with E-state index in [1.165, 1.54) is 18.5 Å². The minimum Gasteiger partial charge on any atom is -0.378 e. The third-order valence-electron chi connectivity index (χ3n) is 4.28. The molecular weight excluding hydrogens is 302 g/mol. The Labute approximate surface area is 142 Å². The number of ether oxygens (including phenoxy) is 1. The highest BCUT2D eigenvalue weighted by molar-refractivity contribution is 5.60. The van der Waals surface area contributed by atoms with Crippen molar-refractivity contribution in [3.63, 3.8) is 0 Å². The van der Waals surface area contributed by atoms with Crippen molar-refractivity contribution < 1.29 is 4.74 Å². The molecule has 2 N–H and O–H groups in total. The van der Waals surface area contributed by atoms with Gasteiger partial charge in [-0.15, -0.1) is 0 Å². The Kier molecular flexibility index (Phi) is 4.21. The van der Waals surface area contributed by atoms with E-state index in [4.69, 9.17) is 4.74 Å². The fourth-order valence-electron chi connectivity index (χ4n) is 2.84. The van der Waals surface area contributed by atoms with Gasteiger partial charge in [0, 0.05) is 42.3 Å². The second-order valence-electron chi connectivity index (χ2n) is 6.41. The summed E-state index contributed by atoms with van der Waals surface area (Å²) in [6, 6.07) is 11.0. The zero-order valence-corrected chi connectivity index (χ0v) is 14.0. The molecule has 0 unspecified atom stereocenters. The Morgan fingerprint density at radius 3 is 2.54 bits per heavy atom. The Morgan fingerprint density at radius 1 is 1.08 bits per heavy atom. The molecule has 0 amide bonds. The monoisotopic (exact) mass is 325 g/mol. The van der Waals surface area contributed by atoms with Crippen LogP contribution in [0.15, 0.2) is 30.3 Å². The van der Waals surface area contributed by atoms with Gasteiger partial charge < -0.3 is 20.3 Å². The summed E-state index contributed by atoms with van der Waals surface area (Å²) in [5, 5.41) is 6.73. The highest BCUT2D eigenvalue weighted by Crippen LogP contribution is 2.25. The van der Waals surface area contributed by atoms with Crippen LogP contribution in [0.2, 0.25) is 0 Å². The molecule has 126 valence electrons. The van der Waals surface area contributed by atoms with E-state index in [2.05, 4.69) is 49.8 Å². The van der Waals surface area contributed by atoms with Crippen molar-refractivity contribution in [2.24, 2.45) is 0 Å². The lowest BCUT2D eigenvalue weighted by molar-refractivity contribution is 0.122. The smallest absolute Gasteiger partial charge is 0.229 e. The molecule has 6 heteroatoms. The van der Waals surface area contributed by atoms with Crippen molar-refractivity contribution in [2.75, 3.05) is 41.8 Å². The van der Waals surface area contributed by atoms with Gasteiger partial charge in [0.05, 0.1) is 13.2 Å². The van der Waals surface area contributed by atoms with E-state index in [1.807, 2.05) is 13.0 Å². The van der Waals surface area contributed by atoms with Crippen molar-refractivity contribution in [3.05, 3.63) is 36.0 Å². The molecule has 24 heavy (non-hydrogen) atoms. The van der Waals surface area contributed by atoms with Gasteiger partial charge in [0.2, 0.25) is 5.95 Å². The van der Waals surface area contributed by atoms with Crippen molar-refractivity contribution in [1.82, 2.24) is 9.97 Å². The van der Waals surface area contributed by atoms with Crippen molar-refractivity contribution in [1.29, 1.82) is 0 Å². The Morgan fingerprint density at radius 2 is 1.83 bits per heavy atom. The highest BCUT2D eigenvalue weighted by atomic mass is 16.5. The fraction of sp³-hybridized carbons (Fsp3) is 0.444. The summed E-state index contributed by atoms with van der Waals surface area (Å²) < 4.78 is 5.40. The largest absolute Gasteiger partial charge is 0.378 e. The highest BCUT2D eigenvalue weighted by Gasteiger charge is 2.21. The zero-order valence-electron chi connectivity index (χ0n) is 14.0. The molecule has 6 nitrogen and oxygen atoms in total. The summed E-state index contributed by atoms with van der Waals surface area (Å²) in [5.74, 6) is 1.54. The number of hydrogen-bond donors (Lipinski definition) is 2. The van der Waals surface area contributed by atoms with E-state index in [9.17, 15) is 0 Å². The van der Waals surface area contributed by atoms with Gasteiger partial charge in [-0.2, -0.15) is 4.98 Å². The first-order valence-corrected chi connectivity index (χ1v) is 8.58. The molecule has 1 aliphatic heterocycles. The number of nitrogens with zero attached hydrogens (tertiary/aromatic N) is 3. The number of nitrogens with one attached hydrogen (secondary N) is 2. The Balaban J connectivity index is 1.45. The molecule has 1 aromatic heterocycles. The lowest BCUT2D eigenvalue weighted by atomic mass is 10.2. The average molecular weight is 325 g/mol. The molecular formula is C18H23N5O. The van der Waals surface area contributed by atoms with Crippen LogP contribution >= 0.6 is 0 Å². The van der Waals surface area contributed by atoms with Gasteiger partial charge >= 0.3 is 0 Å². The topological polar surface area (TPSA) is 62.3 Å². The van der Waals surface area contributed by atoms with Crippen LogP contribution in [0.25, 0.3) is 0 Å². The fourth-order valence-corrected chi connectivity index (χ4v) is 2.84. The molecule has 0 bridgehead atoms. The molecule has 2 aromatic rings. The number of aromatic nitrogens is 2. The van der Waals surface area contributed by atoms with E-state index >= 15 is 0 Å². The lowest BCUT2D eigenvalue weighted by Gasteiger charge is -2.28. The van der Waals surface area contributed by atoms with Crippen LogP contribution in [0, 0.1) is 6.92 Å². The molecule has 1 aliphatic carbocycles. The van der Waals surface area contributed by atoms with E-state index in [1.54, 1.807) is 0 Å². The maximum absolute atomic E-state index is 5.40. The molecule has 1 aromatic carbocycles. The molecule has 2 fully saturated rings. The predicted octanol–water partition coefficient (Wildman–Crippen LogP) is 2.94. The summed E-state index contributed by atoms with van der Waals surface area (Å²) in [5.41, 5.74) is 3.18. The maximum atomic E-state index is 5.40. The number of aryl methyl sites for hydroxylation is 1. The molecule has 2 heterocycles. The van der Waals surface area contributed by atoms with Crippen LogP contribution in [0.3, 0.4) is 0 Å². The molecule has 0 spiro atoms. The van der Waals surface area contributed by atoms with Gasteiger partial charge in [-0.1, -0.05) is 0 Å². The van der Waals surface area contributed by atoms with Gasteiger partial charge in [-0.25, -0.2) is 4.98 Å². The number of benzene rings is 1. The molecule has 4 rings (SSSR count). The van der Waals surface area contributed by atoms with Crippen LogP contribution in [0.5, 0.6) is 0 Å². The average Bonchev–Trinajstić information content (AvgIpc) is 3.40. The summed E-state index contributed by atoms with van der Waals surface area (Å²) in [6.07, 6.45) is 2.46. The molecule has 0 radical (unpaired) electrons. The van der Waals surface area contributed by atoms with E-state index < -0.39 is 0 Å². The van der Waals surface area contributed by atoms with Gasteiger partial charge in [0.15, 0.2) is 0 Å². The van der Waals surface area contributed by atoms with Gasteiger partial charge in [-0.05, 0) is 44.0 Å². The summed E-state index contributed by atoms with van der Waals surface area (Å²) in [7, 11) is 0. The molecule has 1 saturated heterocycles. The Hall–Kier alpha value is -2.34. The summed E-state index contributed by atoms with van der Waals surface area (Å²) in [4.78, 5) is 11.4. The SMILES string of the molecule is Cc1cc(NC2CC2)nc(Nc2ccc(N3CCOCC3)cc2)n1. The van der Waals surface area contributed by atoms with Crippen molar-refractivity contribution in [3.8, 4) is 0 Å². The zero-order chi connectivity index (χ0) is 16.4.